The smallest absolute Gasteiger partial charge is 0.349 e. The first-order valence-corrected chi connectivity index (χ1v) is 13.0. The Bertz CT molecular complexity index is 990. The van der Waals surface area contributed by atoms with Gasteiger partial charge in [0.2, 0.25) is 10.0 Å². The maximum atomic E-state index is 13.0. The molecule has 6 nitrogen and oxygen atoms in total. The van der Waals surface area contributed by atoms with Crippen molar-refractivity contribution in [3.8, 4) is 5.75 Å². The minimum atomic E-state index is -3.54. The Kier molecular flexibility index (Phi) is 9.73. The fourth-order valence-electron chi connectivity index (χ4n) is 3.20. The number of ether oxygens (including phenoxy) is 2. The normalized spacial score (nSPS) is 12.1. The Labute approximate surface area is 200 Å². The van der Waals surface area contributed by atoms with Crippen molar-refractivity contribution >= 4 is 31.9 Å². The van der Waals surface area contributed by atoms with Crippen molar-refractivity contribution in [3.63, 3.8) is 0 Å². The number of carbonyl (C=O) groups is 1. The van der Waals surface area contributed by atoms with Crippen LogP contribution in [0.1, 0.15) is 46.1 Å². The number of halogens is 1. The van der Waals surface area contributed by atoms with E-state index >= 15 is 0 Å². The van der Waals surface area contributed by atoms with E-state index in [1.54, 1.807) is 43.3 Å². The van der Waals surface area contributed by atoms with Crippen molar-refractivity contribution in [2.45, 2.75) is 57.5 Å². The molecule has 0 unspecified atom stereocenters. The topological polar surface area (TPSA) is 72.9 Å². The molecule has 0 aliphatic rings. The molecule has 2 aromatic carbocycles. The quantitative estimate of drug-likeness (QED) is 0.356. The average molecular weight is 526 g/mol. The van der Waals surface area contributed by atoms with Gasteiger partial charge in [0, 0.05) is 17.6 Å². The molecule has 32 heavy (non-hydrogen) atoms. The van der Waals surface area contributed by atoms with Crippen molar-refractivity contribution in [3.05, 3.63) is 58.6 Å². The summed E-state index contributed by atoms with van der Waals surface area (Å²) in [7, 11) is -3.54. The third-order valence-electron chi connectivity index (χ3n) is 4.84. The van der Waals surface area contributed by atoms with E-state index in [2.05, 4.69) is 15.9 Å². The van der Waals surface area contributed by atoms with Gasteiger partial charge < -0.3 is 9.47 Å². The molecule has 0 N–H and O–H groups in total. The SMILES string of the molecule is CCCN(CCCc1ccc(OC(C)(C)C(=O)OCC)cc1)S(=O)(=O)c1cccc(Br)c1. The lowest BCUT2D eigenvalue weighted by Crippen LogP contribution is -2.39. The highest BCUT2D eigenvalue weighted by Crippen LogP contribution is 2.23. The van der Waals surface area contributed by atoms with Crippen LogP contribution in [0.2, 0.25) is 0 Å². The summed E-state index contributed by atoms with van der Waals surface area (Å²) >= 11 is 3.35. The Hall–Kier alpha value is -1.90. The number of esters is 1. The second-order valence-corrected chi connectivity index (χ2v) is 10.8. The monoisotopic (exact) mass is 525 g/mol. The Morgan fingerprint density at radius 2 is 1.75 bits per heavy atom. The van der Waals surface area contributed by atoms with Gasteiger partial charge in [0.15, 0.2) is 5.60 Å². The number of hydrogen-bond donors (Lipinski definition) is 0. The summed E-state index contributed by atoms with van der Waals surface area (Å²) in [4.78, 5) is 12.3. The van der Waals surface area contributed by atoms with E-state index in [0.717, 1.165) is 22.9 Å². The zero-order valence-corrected chi connectivity index (χ0v) is 21.5. The van der Waals surface area contributed by atoms with Crippen molar-refractivity contribution < 1.29 is 22.7 Å². The molecular formula is C24H32BrNO5S. The van der Waals surface area contributed by atoms with E-state index in [4.69, 9.17) is 9.47 Å². The maximum absolute atomic E-state index is 13.0. The summed E-state index contributed by atoms with van der Waals surface area (Å²) in [5.74, 6) is 0.170. The summed E-state index contributed by atoms with van der Waals surface area (Å²) < 4.78 is 39.2. The summed E-state index contributed by atoms with van der Waals surface area (Å²) in [5.41, 5.74) is 0.00138. The standard InChI is InChI=1S/C24H32BrNO5S/c1-5-16-26(32(28,29)22-11-7-10-20(25)18-22)17-8-9-19-12-14-21(15-13-19)31-24(3,4)23(27)30-6-2/h7,10-15,18H,5-6,8-9,16-17H2,1-4H3. The number of nitrogens with zero attached hydrogens (tertiary/aromatic N) is 1. The number of benzene rings is 2. The van der Waals surface area contributed by atoms with E-state index in [1.165, 1.54) is 0 Å². The van der Waals surface area contributed by atoms with E-state index in [9.17, 15) is 13.2 Å². The minimum absolute atomic E-state index is 0.297. The van der Waals surface area contributed by atoms with Gasteiger partial charge in [0.1, 0.15) is 5.75 Å². The van der Waals surface area contributed by atoms with Crippen LogP contribution in [0.4, 0.5) is 0 Å². The van der Waals surface area contributed by atoms with Gasteiger partial charge in [-0.25, -0.2) is 13.2 Å². The molecule has 0 saturated carbocycles. The van der Waals surface area contributed by atoms with Crippen molar-refractivity contribution in [1.29, 1.82) is 0 Å². The van der Waals surface area contributed by atoms with Crippen molar-refractivity contribution in [2.75, 3.05) is 19.7 Å². The van der Waals surface area contributed by atoms with Crippen LogP contribution in [-0.2, 0) is 26.0 Å². The first kappa shape index (κ1) is 26.4. The second kappa shape index (κ2) is 11.8. The van der Waals surface area contributed by atoms with Crippen LogP contribution in [0.5, 0.6) is 5.75 Å². The molecule has 0 bridgehead atoms. The molecule has 0 aliphatic carbocycles. The molecule has 176 valence electrons. The number of rotatable bonds is 12. The molecule has 0 atom stereocenters. The fourth-order valence-corrected chi connectivity index (χ4v) is 5.37. The first-order chi connectivity index (χ1) is 15.1. The van der Waals surface area contributed by atoms with Gasteiger partial charge in [-0.1, -0.05) is 41.1 Å². The van der Waals surface area contributed by atoms with E-state index < -0.39 is 21.6 Å². The second-order valence-electron chi connectivity index (χ2n) is 7.94. The molecule has 0 aromatic heterocycles. The van der Waals surface area contributed by atoms with Crippen LogP contribution in [0, 0.1) is 0 Å². The van der Waals surface area contributed by atoms with Crippen LogP contribution in [0.3, 0.4) is 0 Å². The molecular weight excluding hydrogens is 494 g/mol. The lowest BCUT2D eigenvalue weighted by atomic mass is 10.1. The fraction of sp³-hybridized carbons (Fsp3) is 0.458. The molecule has 0 aliphatic heterocycles. The largest absolute Gasteiger partial charge is 0.476 e. The summed E-state index contributed by atoms with van der Waals surface area (Å²) in [6.07, 6.45) is 2.17. The first-order valence-electron chi connectivity index (χ1n) is 10.8. The van der Waals surface area contributed by atoms with Gasteiger partial charge in [-0.2, -0.15) is 4.31 Å². The molecule has 0 fully saturated rings. The molecule has 0 radical (unpaired) electrons. The predicted molar refractivity (Wildman–Crippen MR) is 129 cm³/mol. The number of aryl methyl sites for hydroxylation is 1. The molecule has 0 heterocycles. The number of sulfonamides is 1. The summed E-state index contributed by atoms with van der Waals surface area (Å²) in [6, 6.07) is 14.3. The van der Waals surface area contributed by atoms with Gasteiger partial charge in [-0.05, 0) is 75.9 Å². The van der Waals surface area contributed by atoms with Gasteiger partial charge in [0.05, 0.1) is 11.5 Å². The molecule has 0 spiro atoms. The van der Waals surface area contributed by atoms with E-state index in [1.807, 2.05) is 37.3 Å². The maximum Gasteiger partial charge on any atom is 0.349 e. The number of hydrogen-bond acceptors (Lipinski definition) is 5. The third-order valence-corrected chi connectivity index (χ3v) is 7.23. The molecule has 0 saturated heterocycles. The van der Waals surface area contributed by atoms with E-state index in [0.29, 0.717) is 36.8 Å². The van der Waals surface area contributed by atoms with Crippen LogP contribution >= 0.6 is 15.9 Å². The van der Waals surface area contributed by atoms with E-state index in [-0.39, 0.29) is 0 Å². The van der Waals surface area contributed by atoms with Crippen molar-refractivity contribution in [1.82, 2.24) is 4.31 Å². The van der Waals surface area contributed by atoms with Crippen molar-refractivity contribution in [2.24, 2.45) is 0 Å². The zero-order valence-electron chi connectivity index (χ0n) is 19.1. The Morgan fingerprint density at radius 1 is 1.06 bits per heavy atom. The summed E-state index contributed by atoms with van der Waals surface area (Å²) in [5, 5.41) is 0. The lowest BCUT2D eigenvalue weighted by molar-refractivity contribution is -0.158. The van der Waals surface area contributed by atoms with Gasteiger partial charge in [-0.15, -0.1) is 0 Å². The van der Waals surface area contributed by atoms with Gasteiger partial charge in [0.25, 0.3) is 0 Å². The van der Waals surface area contributed by atoms with Crippen LogP contribution in [-0.4, -0.2) is 44.0 Å². The molecule has 2 aromatic rings. The Morgan fingerprint density at radius 3 is 2.34 bits per heavy atom. The third kappa shape index (κ3) is 7.32. The highest BCUT2D eigenvalue weighted by atomic mass is 79.9. The number of carbonyl (C=O) groups excluding carboxylic acids is 1. The van der Waals surface area contributed by atoms with Crippen LogP contribution in [0.15, 0.2) is 57.9 Å². The summed E-state index contributed by atoms with van der Waals surface area (Å²) in [6.45, 7) is 8.30. The average Bonchev–Trinajstić information content (AvgIpc) is 2.74. The van der Waals surface area contributed by atoms with Crippen LogP contribution < -0.4 is 4.74 Å². The lowest BCUT2D eigenvalue weighted by Gasteiger charge is -2.24. The minimum Gasteiger partial charge on any atom is -0.476 e. The highest BCUT2D eigenvalue weighted by molar-refractivity contribution is 9.10. The molecule has 2 rings (SSSR count). The highest BCUT2D eigenvalue weighted by Gasteiger charge is 2.31. The molecule has 8 heteroatoms. The predicted octanol–water partition coefficient (Wildman–Crippen LogP) is 5.20. The van der Waals surface area contributed by atoms with Gasteiger partial charge in [-0.3, -0.25) is 0 Å². The zero-order chi connectivity index (χ0) is 23.8. The Balaban J connectivity index is 1.98. The van der Waals surface area contributed by atoms with Gasteiger partial charge >= 0.3 is 5.97 Å². The molecule has 0 amide bonds. The van der Waals surface area contributed by atoms with Crippen LogP contribution in [0.25, 0.3) is 0 Å².